The van der Waals surface area contributed by atoms with Crippen molar-refractivity contribution in [1.82, 2.24) is 29.2 Å². The van der Waals surface area contributed by atoms with E-state index in [0.29, 0.717) is 30.4 Å². The normalized spacial score (nSPS) is 20.6. The Hall–Kier alpha value is -3.22. The van der Waals surface area contributed by atoms with E-state index in [0.717, 1.165) is 56.4 Å². The Balaban J connectivity index is 1.27. The highest BCUT2D eigenvalue weighted by molar-refractivity contribution is 7.89. The largest absolute Gasteiger partial charge is 0.324 e. The lowest BCUT2D eigenvalue weighted by atomic mass is 9.80. The predicted molar refractivity (Wildman–Crippen MR) is 136 cm³/mol. The molecule has 0 unspecified atom stereocenters. The van der Waals surface area contributed by atoms with Crippen molar-refractivity contribution in [2.24, 2.45) is 0 Å². The van der Waals surface area contributed by atoms with E-state index >= 15 is 0 Å². The fourth-order valence-electron chi connectivity index (χ4n) is 5.52. The first-order chi connectivity index (χ1) is 17.4. The summed E-state index contributed by atoms with van der Waals surface area (Å²) in [6.45, 7) is 2.42. The van der Waals surface area contributed by atoms with Crippen molar-refractivity contribution in [2.45, 2.75) is 42.5 Å². The SMILES string of the molecule is CN1CCN(S(=O)(=O)c2ccc(Nc3ncc4cc5n(c4n3)C3(CCCCC3)C(=O)NN5)cc2)CC1. The highest BCUT2D eigenvalue weighted by atomic mass is 32.2. The van der Waals surface area contributed by atoms with Crippen molar-refractivity contribution < 1.29 is 13.2 Å². The number of hydrogen-bond acceptors (Lipinski definition) is 8. The topological polar surface area (TPSA) is 124 Å². The van der Waals surface area contributed by atoms with Crippen molar-refractivity contribution in [3.05, 3.63) is 36.5 Å². The molecule has 3 aromatic rings. The lowest BCUT2D eigenvalue weighted by molar-refractivity contribution is -0.131. The van der Waals surface area contributed by atoms with Gasteiger partial charge in [0, 0.05) is 43.4 Å². The van der Waals surface area contributed by atoms with Crippen molar-refractivity contribution in [3.63, 3.8) is 0 Å². The zero-order valence-electron chi connectivity index (χ0n) is 20.2. The Morgan fingerprint density at radius 1 is 1.00 bits per heavy atom. The fraction of sp³-hybridized carbons (Fsp3) is 0.458. The van der Waals surface area contributed by atoms with Crippen LogP contribution in [0.1, 0.15) is 32.1 Å². The minimum absolute atomic E-state index is 0.0301. The Morgan fingerprint density at radius 2 is 1.72 bits per heavy atom. The molecule has 3 N–H and O–H groups in total. The Kier molecular flexibility index (Phi) is 5.61. The summed E-state index contributed by atoms with van der Waals surface area (Å²) >= 11 is 0. The molecule has 1 aliphatic carbocycles. The van der Waals surface area contributed by atoms with E-state index in [-0.39, 0.29) is 10.8 Å². The van der Waals surface area contributed by atoms with Gasteiger partial charge in [0.05, 0.1) is 4.90 Å². The molecule has 0 atom stereocenters. The molecule has 190 valence electrons. The minimum Gasteiger partial charge on any atom is -0.324 e. The number of anilines is 3. The number of carbonyl (C=O) groups excluding carboxylic acids is 1. The number of likely N-dealkylation sites (N-methyl/N-ethyl adjacent to an activating group) is 1. The predicted octanol–water partition coefficient (Wildman–Crippen LogP) is 2.23. The summed E-state index contributed by atoms with van der Waals surface area (Å²) in [5.74, 6) is 1.16. The summed E-state index contributed by atoms with van der Waals surface area (Å²) in [4.78, 5) is 24.6. The molecule has 3 aliphatic rings. The number of rotatable bonds is 4. The Morgan fingerprint density at radius 3 is 2.44 bits per heavy atom. The smallest absolute Gasteiger partial charge is 0.264 e. The van der Waals surface area contributed by atoms with Crippen LogP contribution in [0.15, 0.2) is 41.4 Å². The zero-order chi connectivity index (χ0) is 24.9. The average molecular weight is 511 g/mol. The third kappa shape index (κ3) is 3.80. The molecule has 1 spiro atoms. The van der Waals surface area contributed by atoms with Crippen LogP contribution in [0.4, 0.5) is 17.5 Å². The molecular weight excluding hydrogens is 480 g/mol. The number of carbonyl (C=O) groups is 1. The molecule has 4 heterocycles. The first-order valence-electron chi connectivity index (χ1n) is 12.4. The standard InChI is InChI=1S/C24H30N8O3S/c1-30-11-13-31(14-12-30)36(34,35)19-7-5-18(6-8-19)26-23-25-16-17-15-20-28-29-22(33)24(9-3-2-4-10-24)32(20)21(17)27-23/h5-8,15-16,28H,2-4,9-14H2,1H3,(H,29,33)(H,25,26,27). The van der Waals surface area contributed by atoms with Crippen LogP contribution in [0.5, 0.6) is 0 Å². The summed E-state index contributed by atoms with van der Waals surface area (Å²) in [5, 5.41) is 4.03. The van der Waals surface area contributed by atoms with Crippen LogP contribution in [0, 0.1) is 0 Å². The van der Waals surface area contributed by atoms with E-state index in [4.69, 9.17) is 4.98 Å². The van der Waals surface area contributed by atoms with E-state index < -0.39 is 15.6 Å². The molecule has 1 saturated heterocycles. The van der Waals surface area contributed by atoms with Crippen LogP contribution >= 0.6 is 0 Å². The molecule has 1 aromatic carbocycles. The van der Waals surface area contributed by atoms with Gasteiger partial charge in [-0.1, -0.05) is 19.3 Å². The molecule has 11 nitrogen and oxygen atoms in total. The van der Waals surface area contributed by atoms with Crippen LogP contribution in [-0.4, -0.2) is 71.3 Å². The van der Waals surface area contributed by atoms with Gasteiger partial charge in [-0.2, -0.15) is 9.29 Å². The van der Waals surface area contributed by atoms with Gasteiger partial charge in [0.15, 0.2) is 0 Å². The molecule has 2 fully saturated rings. The summed E-state index contributed by atoms with van der Waals surface area (Å²) in [6.07, 6.45) is 6.39. The molecule has 0 bridgehead atoms. The van der Waals surface area contributed by atoms with Gasteiger partial charge in [-0.25, -0.2) is 13.4 Å². The van der Waals surface area contributed by atoms with Crippen LogP contribution < -0.4 is 16.2 Å². The van der Waals surface area contributed by atoms with Crippen molar-refractivity contribution in [2.75, 3.05) is 44.0 Å². The molecule has 2 aromatic heterocycles. The van der Waals surface area contributed by atoms with Gasteiger partial charge in [-0.05, 0) is 50.2 Å². The molecule has 1 saturated carbocycles. The maximum Gasteiger partial charge on any atom is 0.264 e. The maximum atomic E-state index is 13.0. The van der Waals surface area contributed by atoms with Crippen LogP contribution in [0.2, 0.25) is 0 Å². The van der Waals surface area contributed by atoms with Gasteiger partial charge in [0.25, 0.3) is 5.91 Å². The Bertz CT molecular complexity index is 1410. The van der Waals surface area contributed by atoms with Crippen LogP contribution in [0.3, 0.4) is 0 Å². The molecule has 6 rings (SSSR count). The van der Waals surface area contributed by atoms with Crippen LogP contribution in [0.25, 0.3) is 11.0 Å². The van der Waals surface area contributed by atoms with Gasteiger partial charge in [-0.15, -0.1) is 0 Å². The maximum absolute atomic E-state index is 13.0. The van der Waals surface area contributed by atoms with Gasteiger partial charge in [-0.3, -0.25) is 20.2 Å². The number of aromatic nitrogens is 3. The molecule has 0 radical (unpaired) electrons. The highest BCUT2D eigenvalue weighted by Crippen LogP contribution is 2.42. The molecule has 1 amide bonds. The third-order valence-electron chi connectivity index (χ3n) is 7.59. The van der Waals surface area contributed by atoms with E-state index in [1.54, 1.807) is 30.5 Å². The summed E-state index contributed by atoms with van der Waals surface area (Å²) in [5.41, 5.74) is 6.56. The van der Waals surface area contributed by atoms with Crippen molar-refractivity contribution >= 4 is 44.4 Å². The second kappa shape index (κ2) is 8.71. The second-order valence-electron chi connectivity index (χ2n) is 9.87. The van der Waals surface area contributed by atoms with E-state index in [2.05, 4.69) is 26.1 Å². The highest BCUT2D eigenvalue weighted by Gasteiger charge is 2.46. The number of nitrogens with zero attached hydrogens (tertiary/aromatic N) is 5. The number of sulfonamides is 1. The average Bonchev–Trinajstić information content (AvgIpc) is 3.27. The summed E-state index contributed by atoms with van der Waals surface area (Å²) in [6, 6.07) is 8.62. The zero-order valence-corrected chi connectivity index (χ0v) is 21.0. The first kappa shape index (κ1) is 23.2. The number of fused-ring (bicyclic) bond motifs is 4. The lowest BCUT2D eigenvalue weighted by Crippen LogP contribution is -2.55. The molecule has 12 heteroatoms. The number of benzene rings is 1. The summed E-state index contributed by atoms with van der Waals surface area (Å²) in [7, 11) is -1.53. The van der Waals surface area contributed by atoms with Crippen molar-refractivity contribution in [1.29, 1.82) is 0 Å². The van der Waals surface area contributed by atoms with E-state index in [1.807, 2.05) is 17.7 Å². The number of piperazine rings is 1. The number of hydrogen-bond donors (Lipinski definition) is 3. The van der Waals surface area contributed by atoms with Crippen LogP contribution in [-0.2, 0) is 20.4 Å². The third-order valence-corrected chi connectivity index (χ3v) is 9.50. The first-order valence-corrected chi connectivity index (χ1v) is 13.8. The minimum atomic E-state index is -3.53. The molecular formula is C24H30N8O3S. The van der Waals surface area contributed by atoms with Crippen molar-refractivity contribution in [3.8, 4) is 0 Å². The van der Waals surface area contributed by atoms with Gasteiger partial charge < -0.3 is 10.2 Å². The van der Waals surface area contributed by atoms with E-state index in [9.17, 15) is 13.2 Å². The lowest BCUT2D eigenvalue weighted by Gasteiger charge is -2.41. The quantitative estimate of drug-likeness (QED) is 0.488. The number of hydrazine groups is 1. The Labute approximate surface area is 209 Å². The van der Waals surface area contributed by atoms with E-state index in [1.165, 1.54) is 4.31 Å². The second-order valence-corrected chi connectivity index (χ2v) is 11.8. The van der Waals surface area contributed by atoms with Gasteiger partial charge in [0.2, 0.25) is 16.0 Å². The number of amides is 1. The van der Waals surface area contributed by atoms with Gasteiger partial charge in [0.1, 0.15) is 17.0 Å². The molecule has 2 aliphatic heterocycles. The van der Waals surface area contributed by atoms with Gasteiger partial charge >= 0.3 is 0 Å². The number of nitrogens with one attached hydrogen (secondary N) is 3. The monoisotopic (exact) mass is 510 g/mol. The summed E-state index contributed by atoms with van der Waals surface area (Å²) < 4.78 is 29.6. The fourth-order valence-corrected chi connectivity index (χ4v) is 6.94. The molecule has 36 heavy (non-hydrogen) atoms.